The molecule has 154 valence electrons. The minimum absolute atomic E-state index is 0.160. The van der Waals surface area contributed by atoms with Gasteiger partial charge in [0.15, 0.2) is 11.9 Å². The molecular formula is C23H22N2O3S2. The number of benzene rings is 2. The smallest absolute Gasteiger partial charge is 0.257 e. The molecule has 2 aromatic heterocycles. The molecular weight excluding hydrogens is 416 g/mol. The second-order valence-electron chi connectivity index (χ2n) is 6.63. The molecule has 0 aliphatic carbocycles. The van der Waals surface area contributed by atoms with Crippen molar-refractivity contribution in [3.63, 3.8) is 0 Å². The lowest BCUT2D eigenvalue weighted by atomic mass is 10.1. The molecule has 0 aliphatic rings. The zero-order chi connectivity index (χ0) is 20.8. The molecule has 0 saturated carbocycles. The molecule has 4 aromatic rings. The maximum atomic E-state index is 12.6. The quantitative estimate of drug-likeness (QED) is 0.266. The van der Waals surface area contributed by atoms with Gasteiger partial charge in [0.2, 0.25) is 0 Å². The van der Waals surface area contributed by atoms with Crippen LogP contribution >= 0.6 is 22.7 Å². The molecule has 0 unspecified atom stereocenters. The Morgan fingerprint density at radius 2 is 1.97 bits per heavy atom. The molecule has 0 fully saturated rings. The summed E-state index contributed by atoms with van der Waals surface area (Å²) in [6.45, 7) is 2.74. The Kier molecular flexibility index (Phi) is 6.74. The van der Waals surface area contributed by atoms with Crippen LogP contribution < -0.4 is 10.1 Å². The summed E-state index contributed by atoms with van der Waals surface area (Å²) in [4.78, 5) is 18.5. The van der Waals surface area contributed by atoms with Crippen molar-refractivity contribution in [3.8, 4) is 5.75 Å². The lowest BCUT2D eigenvalue weighted by Gasteiger charge is -2.04. The first-order valence-corrected chi connectivity index (χ1v) is 11.4. The van der Waals surface area contributed by atoms with E-state index in [0.29, 0.717) is 17.3 Å². The van der Waals surface area contributed by atoms with E-state index in [4.69, 9.17) is 9.47 Å². The summed E-state index contributed by atoms with van der Waals surface area (Å²) in [6, 6.07) is 17.6. The zero-order valence-corrected chi connectivity index (χ0v) is 18.2. The predicted molar refractivity (Wildman–Crippen MR) is 123 cm³/mol. The van der Waals surface area contributed by atoms with Crippen LogP contribution in [0.15, 0.2) is 60.0 Å². The molecule has 5 nitrogen and oxygen atoms in total. The number of carbonyl (C=O) groups excluding carboxylic acids is 1. The molecule has 0 radical (unpaired) electrons. The predicted octanol–water partition coefficient (Wildman–Crippen LogP) is 5.77. The topological polar surface area (TPSA) is 60.5 Å². The Balaban J connectivity index is 1.37. The molecule has 0 bridgehead atoms. The molecule has 0 atom stereocenters. The fourth-order valence-electron chi connectivity index (χ4n) is 2.96. The van der Waals surface area contributed by atoms with Crippen LogP contribution in [0.3, 0.4) is 0 Å². The van der Waals surface area contributed by atoms with Gasteiger partial charge in [-0.3, -0.25) is 10.1 Å². The van der Waals surface area contributed by atoms with E-state index in [9.17, 15) is 4.79 Å². The molecule has 2 aromatic carbocycles. The van der Waals surface area contributed by atoms with Gasteiger partial charge in [-0.2, -0.15) is 0 Å². The number of anilines is 1. The van der Waals surface area contributed by atoms with E-state index in [1.165, 1.54) is 21.8 Å². The van der Waals surface area contributed by atoms with E-state index in [0.717, 1.165) is 28.8 Å². The highest BCUT2D eigenvalue weighted by atomic mass is 32.1. The molecule has 0 aliphatic heterocycles. The van der Waals surface area contributed by atoms with Gasteiger partial charge >= 0.3 is 0 Å². The van der Waals surface area contributed by atoms with Gasteiger partial charge in [0.1, 0.15) is 5.75 Å². The van der Waals surface area contributed by atoms with Gasteiger partial charge in [0.25, 0.3) is 5.91 Å². The maximum absolute atomic E-state index is 12.6. The average molecular weight is 439 g/mol. The Hall–Kier alpha value is -2.74. The number of aromatic nitrogens is 1. The fraction of sp³-hybridized carbons (Fsp3) is 0.217. The second-order valence-corrected chi connectivity index (χ2v) is 8.70. The number of ether oxygens (including phenoxy) is 2. The van der Waals surface area contributed by atoms with E-state index in [2.05, 4.69) is 27.8 Å². The van der Waals surface area contributed by atoms with Crippen molar-refractivity contribution in [1.29, 1.82) is 0 Å². The van der Waals surface area contributed by atoms with Crippen molar-refractivity contribution >= 4 is 43.9 Å². The first-order valence-electron chi connectivity index (χ1n) is 9.75. The van der Waals surface area contributed by atoms with Crippen LogP contribution in [-0.2, 0) is 17.6 Å². The number of thiazole rings is 1. The molecule has 2 heterocycles. The van der Waals surface area contributed by atoms with Crippen molar-refractivity contribution in [2.75, 3.05) is 18.7 Å². The Morgan fingerprint density at radius 3 is 2.73 bits per heavy atom. The van der Waals surface area contributed by atoms with Crippen LogP contribution in [0.5, 0.6) is 5.75 Å². The molecule has 1 N–H and O–H groups in total. The SMILES string of the molecule is CCOCOc1ccc2nc(NC(=O)c3ccc(CCc4cccs4)cc3)sc2c1. The van der Waals surface area contributed by atoms with Gasteiger partial charge in [-0.25, -0.2) is 4.98 Å². The maximum Gasteiger partial charge on any atom is 0.257 e. The van der Waals surface area contributed by atoms with Gasteiger partial charge in [-0.05, 0) is 67.1 Å². The monoisotopic (exact) mass is 438 g/mol. The number of amides is 1. The van der Waals surface area contributed by atoms with Crippen molar-refractivity contribution in [3.05, 3.63) is 76.0 Å². The van der Waals surface area contributed by atoms with E-state index >= 15 is 0 Å². The highest BCUT2D eigenvalue weighted by Gasteiger charge is 2.11. The van der Waals surface area contributed by atoms with Crippen LogP contribution in [0.1, 0.15) is 27.7 Å². The first-order chi connectivity index (χ1) is 14.7. The zero-order valence-electron chi connectivity index (χ0n) is 16.6. The van der Waals surface area contributed by atoms with Gasteiger partial charge in [0.05, 0.1) is 10.2 Å². The Morgan fingerprint density at radius 1 is 1.10 bits per heavy atom. The molecule has 1 amide bonds. The molecule has 30 heavy (non-hydrogen) atoms. The third-order valence-corrected chi connectivity index (χ3v) is 6.42. The van der Waals surface area contributed by atoms with Crippen molar-refractivity contribution in [2.24, 2.45) is 0 Å². The van der Waals surface area contributed by atoms with Crippen LogP contribution in [0.25, 0.3) is 10.2 Å². The molecule has 0 spiro atoms. The minimum Gasteiger partial charge on any atom is -0.468 e. The number of hydrogen-bond donors (Lipinski definition) is 1. The third kappa shape index (κ3) is 5.24. The van der Waals surface area contributed by atoms with Gasteiger partial charge in [-0.1, -0.05) is 29.5 Å². The van der Waals surface area contributed by atoms with Crippen LogP contribution in [0.4, 0.5) is 5.13 Å². The Bertz CT molecular complexity index is 1110. The summed E-state index contributed by atoms with van der Waals surface area (Å²) in [5.74, 6) is 0.558. The van der Waals surface area contributed by atoms with E-state index in [1.54, 1.807) is 11.3 Å². The highest BCUT2D eigenvalue weighted by molar-refractivity contribution is 7.22. The molecule has 4 rings (SSSR count). The third-order valence-electron chi connectivity index (χ3n) is 4.55. The van der Waals surface area contributed by atoms with E-state index in [-0.39, 0.29) is 12.7 Å². The number of nitrogens with one attached hydrogen (secondary N) is 1. The summed E-state index contributed by atoms with van der Waals surface area (Å²) in [5, 5.41) is 5.56. The highest BCUT2D eigenvalue weighted by Crippen LogP contribution is 2.29. The van der Waals surface area contributed by atoms with E-state index < -0.39 is 0 Å². The van der Waals surface area contributed by atoms with Crippen LogP contribution in [-0.4, -0.2) is 24.3 Å². The molecule has 0 saturated heterocycles. The average Bonchev–Trinajstić information content (AvgIpc) is 3.42. The summed E-state index contributed by atoms with van der Waals surface area (Å²) < 4.78 is 11.7. The van der Waals surface area contributed by atoms with Crippen LogP contribution in [0, 0.1) is 0 Å². The summed E-state index contributed by atoms with van der Waals surface area (Å²) in [5.41, 5.74) is 2.66. The summed E-state index contributed by atoms with van der Waals surface area (Å²) >= 11 is 3.20. The fourth-order valence-corrected chi connectivity index (χ4v) is 4.55. The largest absolute Gasteiger partial charge is 0.468 e. The number of carbonyl (C=O) groups is 1. The van der Waals surface area contributed by atoms with Gasteiger partial charge in [-0.15, -0.1) is 11.3 Å². The summed E-state index contributed by atoms with van der Waals surface area (Å²) in [7, 11) is 0. The number of aryl methyl sites for hydroxylation is 2. The lowest BCUT2D eigenvalue weighted by Crippen LogP contribution is -2.11. The number of rotatable bonds is 9. The van der Waals surface area contributed by atoms with Gasteiger partial charge < -0.3 is 9.47 Å². The number of fused-ring (bicyclic) bond motifs is 1. The van der Waals surface area contributed by atoms with E-state index in [1.807, 2.05) is 49.4 Å². The van der Waals surface area contributed by atoms with Crippen molar-refractivity contribution in [2.45, 2.75) is 19.8 Å². The Labute approximate surface area is 183 Å². The van der Waals surface area contributed by atoms with Crippen molar-refractivity contribution < 1.29 is 14.3 Å². The standard InChI is InChI=1S/C23H22N2O3S2/c1-2-27-15-28-18-10-12-20-21(14-18)30-23(24-20)25-22(26)17-8-5-16(6-9-17)7-11-19-4-3-13-29-19/h3-6,8-10,12-14H,2,7,11,15H2,1H3,(H,24,25,26). The minimum atomic E-state index is -0.160. The lowest BCUT2D eigenvalue weighted by molar-refractivity contribution is 0.0225. The van der Waals surface area contributed by atoms with Gasteiger partial charge in [0, 0.05) is 17.0 Å². The number of thiophene rings is 1. The molecule has 7 heteroatoms. The first kappa shape index (κ1) is 20.5. The van der Waals surface area contributed by atoms with Crippen LogP contribution in [0.2, 0.25) is 0 Å². The van der Waals surface area contributed by atoms with Crippen molar-refractivity contribution in [1.82, 2.24) is 4.98 Å². The number of hydrogen-bond acceptors (Lipinski definition) is 6. The normalized spacial score (nSPS) is 11.0. The number of nitrogens with zero attached hydrogens (tertiary/aromatic N) is 1. The summed E-state index contributed by atoms with van der Waals surface area (Å²) in [6.07, 6.45) is 1.99. The second kappa shape index (κ2) is 9.84.